The molecule has 1 aromatic heterocycles. The number of carbonyl (C=O) groups is 1. The lowest BCUT2D eigenvalue weighted by Gasteiger charge is -2.24. The number of carbonyl (C=O) groups excluding carboxylic acids is 1. The van der Waals surface area contributed by atoms with Crippen LogP contribution in [0.15, 0.2) is 18.3 Å². The predicted octanol–water partition coefficient (Wildman–Crippen LogP) is 2.04. The second-order valence-electron chi connectivity index (χ2n) is 4.49. The van der Waals surface area contributed by atoms with Crippen LogP contribution in [-0.4, -0.2) is 23.7 Å². The lowest BCUT2D eigenvalue weighted by atomic mass is 10.2. The summed E-state index contributed by atoms with van der Waals surface area (Å²) in [6, 6.07) is 3.35. The molecule has 0 aromatic carbocycles. The Morgan fingerprint density at radius 1 is 1.44 bits per heavy atom. The van der Waals surface area contributed by atoms with Gasteiger partial charge in [0, 0.05) is 7.05 Å². The van der Waals surface area contributed by atoms with Crippen LogP contribution in [-0.2, 0) is 4.74 Å². The van der Waals surface area contributed by atoms with Crippen molar-refractivity contribution >= 4 is 17.6 Å². The van der Waals surface area contributed by atoms with Crippen LogP contribution in [0.2, 0.25) is 0 Å². The zero-order chi connectivity index (χ0) is 12.3. The summed E-state index contributed by atoms with van der Waals surface area (Å²) in [5, 5.41) is 0. The number of anilines is 2. The van der Waals surface area contributed by atoms with E-state index < -0.39 is 11.7 Å². The second-order valence-corrected chi connectivity index (χ2v) is 4.49. The monoisotopic (exact) mass is 223 g/mol. The van der Waals surface area contributed by atoms with Crippen molar-refractivity contribution in [3.05, 3.63) is 18.3 Å². The van der Waals surface area contributed by atoms with Crippen LogP contribution in [0.25, 0.3) is 0 Å². The maximum absolute atomic E-state index is 11.7. The standard InChI is InChI=1S/C11H17N3O2/c1-11(2,3)16-10(15)14(4)9-6-5-8(12)7-13-9/h5-7H,12H2,1-4H3. The molecule has 16 heavy (non-hydrogen) atoms. The van der Waals surface area contributed by atoms with Gasteiger partial charge in [0.25, 0.3) is 0 Å². The first kappa shape index (κ1) is 12.3. The molecule has 5 nitrogen and oxygen atoms in total. The Hall–Kier alpha value is -1.78. The van der Waals surface area contributed by atoms with Crippen LogP contribution >= 0.6 is 0 Å². The van der Waals surface area contributed by atoms with E-state index in [1.54, 1.807) is 19.2 Å². The molecule has 0 atom stereocenters. The smallest absolute Gasteiger partial charge is 0.415 e. The molecule has 0 unspecified atom stereocenters. The highest BCUT2D eigenvalue weighted by atomic mass is 16.6. The second kappa shape index (κ2) is 4.38. The lowest BCUT2D eigenvalue weighted by molar-refractivity contribution is 0.0588. The zero-order valence-corrected chi connectivity index (χ0v) is 10.0. The van der Waals surface area contributed by atoms with Crippen molar-refractivity contribution in [2.75, 3.05) is 17.7 Å². The first-order chi connectivity index (χ1) is 7.29. The molecule has 0 aliphatic rings. The molecule has 0 radical (unpaired) electrons. The largest absolute Gasteiger partial charge is 0.443 e. The number of ether oxygens (including phenoxy) is 1. The van der Waals surface area contributed by atoms with Crippen LogP contribution in [0.4, 0.5) is 16.3 Å². The van der Waals surface area contributed by atoms with Crippen molar-refractivity contribution in [3.63, 3.8) is 0 Å². The quantitative estimate of drug-likeness (QED) is 0.791. The Morgan fingerprint density at radius 2 is 2.06 bits per heavy atom. The third-order valence-electron chi connectivity index (χ3n) is 1.78. The molecule has 88 valence electrons. The number of nitrogen functional groups attached to an aromatic ring is 1. The minimum Gasteiger partial charge on any atom is -0.443 e. The van der Waals surface area contributed by atoms with E-state index in [0.717, 1.165) is 0 Å². The number of amides is 1. The van der Waals surface area contributed by atoms with Crippen molar-refractivity contribution in [2.24, 2.45) is 0 Å². The Balaban J connectivity index is 2.74. The third-order valence-corrected chi connectivity index (χ3v) is 1.78. The topological polar surface area (TPSA) is 68.5 Å². The van der Waals surface area contributed by atoms with E-state index in [4.69, 9.17) is 10.5 Å². The highest BCUT2D eigenvalue weighted by Gasteiger charge is 2.20. The van der Waals surface area contributed by atoms with E-state index in [1.807, 2.05) is 20.8 Å². The molecular formula is C11H17N3O2. The van der Waals surface area contributed by atoms with Gasteiger partial charge in [0.2, 0.25) is 0 Å². The predicted molar refractivity (Wildman–Crippen MR) is 63.3 cm³/mol. The van der Waals surface area contributed by atoms with Gasteiger partial charge in [-0.25, -0.2) is 9.78 Å². The van der Waals surface area contributed by atoms with Gasteiger partial charge in [-0.1, -0.05) is 0 Å². The molecule has 0 saturated carbocycles. The molecule has 2 N–H and O–H groups in total. The van der Waals surface area contributed by atoms with Crippen molar-refractivity contribution in [3.8, 4) is 0 Å². The third kappa shape index (κ3) is 3.42. The highest BCUT2D eigenvalue weighted by Crippen LogP contribution is 2.15. The maximum Gasteiger partial charge on any atom is 0.415 e. The number of nitrogens with zero attached hydrogens (tertiary/aromatic N) is 2. The van der Waals surface area contributed by atoms with E-state index in [9.17, 15) is 4.79 Å². The first-order valence-electron chi connectivity index (χ1n) is 4.98. The van der Waals surface area contributed by atoms with E-state index in [0.29, 0.717) is 11.5 Å². The van der Waals surface area contributed by atoms with Gasteiger partial charge in [0.1, 0.15) is 11.4 Å². The average molecular weight is 223 g/mol. The van der Waals surface area contributed by atoms with Crippen LogP contribution in [0.3, 0.4) is 0 Å². The lowest BCUT2D eigenvalue weighted by Crippen LogP contribution is -2.34. The number of rotatable bonds is 1. The number of hydrogen-bond acceptors (Lipinski definition) is 4. The number of nitrogens with two attached hydrogens (primary N) is 1. The number of aromatic nitrogens is 1. The van der Waals surface area contributed by atoms with Gasteiger partial charge in [-0.15, -0.1) is 0 Å². The molecule has 0 bridgehead atoms. The molecule has 5 heteroatoms. The molecular weight excluding hydrogens is 206 g/mol. The maximum atomic E-state index is 11.7. The molecule has 0 aliphatic heterocycles. The Morgan fingerprint density at radius 3 is 2.50 bits per heavy atom. The molecule has 1 heterocycles. The molecule has 1 rings (SSSR count). The summed E-state index contributed by atoms with van der Waals surface area (Å²) in [5.74, 6) is 0.503. The zero-order valence-electron chi connectivity index (χ0n) is 10.0. The molecule has 0 spiro atoms. The van der Waals surface area contributed by atoms with Gasteiger partial charge in [-0.3, -0.25) is 4.90 Å². The molecule has 0 fully saturated rings. The van der Waals surface area contributed by atoms with Crippen molar-refractivity contribution < 1.29 is 9.53 Å². The molecule has 1 aromatic rings. The van der Waals surface area contributed by atoms with E-state index in [-0.39, 0.29) is 0 Å². The number of hydrogen-bond donors (Lipinski definition) is 1. The summed E-state index contributed by atoms with van der Waals surface area (Å²) in [7, 11) is 1.60. The van der Waals surface area contributed by atoms with E-state index in [1.165, 1.54) is 11.1 Å². The van der Waals surface area contributed by atoms with E-state index >= 15 is 0 Å². The molecule has 0 saturated heterocycles. The Bertz CT molecular complexity index is 368. The van der Waals surface area contributed by atoms with Gasteiger partial charge < -0.3 is 10.5 Å². The molecule has 0 aliphatic carbocycles. The van der Waals surface area contributed by atoms with Crippen molar-refractivity contribution in [1.82, 2.24) is 4.98 Å². The summed E-state index contributed by atoms with van der Waals surface area (Å²) >= 11 is 0. The summed E-state index contributed by atoms with van der Waals surface area (Å²) < 4.78 is 5.20. The summed E-state index contributed by atoms with van der Waals surface area (Å²) in [5.41, 5.74) is 5.55. The summed E-state index contributed by atoms with van der Waals surface area (Å²) in [4.78, 5) is 17.0. The Kier molecular flexibility index (Phi) is 3.37. The fraction of sp³-hybridized carbons (Fsp3) is 0.455. The van der Waals surface area contributed by atoms with Crippen LogP contribution in [0.1, 0.15) is 20.8 Å². The average Bonchev–Trinajstić information content (AvgIpc) is 2.15. The summed E-state index contributed by atoms with van der Waals surface area (Å²) in [6.45, 7) is 5.44. The van der Waals surface area contributed by atoms with Crippen molar-refractivity contribution in [1.29, 1.82) is 0 Å². The first-order valence-corrected chi connectivity index (χ1v) is 4.98. The SMILES string of the molecule is CN(C(=O)OC(C)(C)C)c1ccc(N)cn1. The van der Waals surface area contributed by atoms with Gasteiger partial charge >= 0.3 is 6.09 Å². The van der Waals surface area contributed by atoms with Gasteiger partial charge in [0.05, 0.1) is 11.9 Å². The summed E-state index contributed by atoms with van der Waals surface area (Å²) in [6.07, 6.45) is 1.06. The van der Waals surface area contributed by atoms with Crippen molar-refractivity contribution in [2.45, 2.75) is 26.4 Å². The normalized spacial score (nSPS) is 11.0. The fourth-order valence-corrected chi connectivity index (χ4v) is 1.02. The minimum absolute atomic E-state index is 0.440. The fourth-order valence-electron chi connectivity index (χ4n) is 1.02. The van der Waals surface area contributed by atoms with E-state index in [2.05, 4.69) is 4.98 Å². The highest BCUT2D eigenvalue weighted by molar-refractivity contribution is 5.86. The number of pyridine rings is 1. The van der Waals surface area contributed by atoms with Gasteiger partial charge in [-0.2, -0.15) is 0 Å². The van der Waals surface area contributed by atoms with Gasteiger partial charge in [0.15, 0.2) is 0 Å². The van der Waals surface area contributed by atoms with Crippen LogP contribution < -0.4 is 10.6 Å². The molecule has 1 amide bonds. The Labute approximate surface area is 95.2 Å². The van der Waals surface area contributed by atoms with Gasteiger partial charge in [-0.05, 0) is 32.9 Å². The van der Waals surface area contributed by atoms with Crippen LogP contribution in [0.5, 0.6) is 0 Å². The minimum atomic E-state index is -0.515. The van der Waals surface area contributed by atoms with Crippen LogP contribution in [0, 0.1) is 0 Å².